The lowest BCUT2D eigenvalue weighted by Crippen LogP contribution is -2.34. The van der Waals surface area contributed by atoms with Gasteiger partial charge in [0.05, 0.1) is 7.11 Å². The molecule has 1 N–H and O–H groups in total. The van der Waals surface area contributed by atoms with Gasteiger partial charge in [-0.2, -0.15) is 0 Å². The Kier molecular flexibility index (Phi) is 4.83. The van der Waals surface area contributed by atoms with Gasteiger partial charge >= 0.3 is 0 Å². The number of hydrogen-bond donors (Lipinski definition) is 1. The zero-order valence-electron chi connectivity index (χ0n) is 10.0. The molecule has 0 radical (unpaired) electrons. The number of ether oxygens (including phenoxy) is 2. The molecule has 2 rings (SSSR count). The summed E-state index contributed by atoms with van der Waals surface area (Å²) in [4.78, 5) is 0. The minimum absolute atomic E-state index is 0.556. The van der Waals surface area contributed by atoms with Gasteiger partial charge in [-0.25, -0.2) is 0 Å². The van der Waals surface area contributed by atoms with Gasteiger partial charge in [0.25, 0.3) is 0 Å². The third-order valence-electron chi connectivity index (χ3n) is 3.08. The minimum atomic E-state index is 0.556. The molecular formula is C13H18BrNO2. The maximum atomic E-state index is 5.37. The third-order valence-corrected chi connectivity index (χ3v) is 3.83. The van der Waals surface area contributed by atoms with E-state index in [1.54, 1.807) is 7.11 Å². The molecule has 1 saturated heterocycles. The van der Waals surface area contributed by atoms with E-state index < -0.39 is 0 Å². The van der Waals surface area contributed by atoms with E-state index in [2.05, 4.69) is 21.2 Å². The Morgan fingerprint density at radius 2 is 2.18 bits per heavy atom. The highest BCUT2D eigenvalue weighted by atomic mass is 79.9. The average molecular weight is 300 g/mol. The smallest absolute Gasteiger partial charge is 0.124 e. The van der Waals surface area contributed by atoms with Crippen LogP contribution in [-0.2, 0) is 11.3 Å². The lowest BCUT2D eigenvalue weighted by Gasteiger charge is -2.24. The van der Waals surface area contributed by atoms with Crippen LogP contribution in [0.5, 0.6) is 5.75 Å². The zero-order chi connectivity index (χ0) is 12.1. The van der Waals surface area contributed by atoms with Crippen molar-refractivity contribution in [2.75, 3.05) is 20.3 Å². The van der Waals surface area contributed by atoms with Crippen molar-refractivity contribution in [2.45, 2.75) is 25.4 Å². The van der Waals surface area contributed by atoms with Crippen LogP contribution in [-0.4, -0.2) is 26.4 Å². The van der Waals surface area contributed by atoms with E-state index >= 15 is 0 Å². The van der Waals surface area contributed by atoms with E-state index in [9.17, 15) is 0 Å². The fraction of sp³-hybridized carbons (Fsp3) is 0.538. The standard InChI is InChI=1S/C13H18BrNO2/c1-16-13-4-2-3-12(14)11(13)9-15-10-5-7-17-8-6-10/h2-4,10,15H,5-9H2,1H3. The van der Waals surface area contributed by atoms with E-state index in [0.717, 1.165) is 42.8 Å². The van der Waals surface area contributed by atoms with Crippen LogP contribution in [0, 0.1) is 0 Å². The molecule has 1 heterocycles. The molecule has 1 fully saturated rings. The minimum Gasteiger partial charge on any atom is -0.496 e. The highest BCUT2D eigenvalue weighted by molar-refractivity contribution is 9.10. The fourth-order valence-electron chi connectivity index (χ4n) is 2.05. The zero-order valence-corrected chi connectivity index (χ0v) is 11.6. The van der Waals surface area contributed by atoms with Gasteiger partial charge in [0.15, 0.2) is 0 Å². The van der Waals surface area contributed by atoms with Gasteiger partial charge in [-0.15, -0.1) is 0 Å². The Morgan fingerprint density at radius 3 is 2.88 bits per heavy atom. The van der Waals surface area contributed by atoms with Crippen molar-refractivity contribution in [1.29, 1.82) is 0 Å². The summed E-state index contributed by atoms with van der Waals surface area (Å²) in [7, 11) is 1.71. The van der Waals surface area contributed by atoms with Crippen molar-refractivity contribution in [3.63, 3.8) is 0 Å². The van der Waals surface area contributed by atoms with Crippen LogP contribution in [0.1, 0.15) is 18.4 Å². The van der Waals surface area contributed by atoms with Gasteiger partial charge in [-0.1, -0.05) is 22.0 Å². The van der Waals surface area contributed by atoms with Crippen LogP contribution in [0.25, 0.3) is 0 Å². The van der Waals surface area contributed by atoms with Crippen LogP contribution < -0.4 is 10.1 Å². The van der Waals surface area contributed by atoms with E-state index in [1.807, 2.05) is 18.2 Å². The average Bonchev–Trinajstić information content (AvgIpc) is 2.38. The topological polar surface area (TPSA) is 30.5 Å². The number of rotatable bonds is 4. The Morgan fingerprint density at radius 1 is 1.41 bits per heavy atom. The first kappa shape index (κ1) is 12.9. The molecule has 1 aromatic carbocycles. The third kappa shape index (κ3) is 3.44. The van der Waals surface area contributed by atoms with Crippen molar-refractivity contribution in [1.82, 2.24) is 5.32 Å². The highest BCUT2D eigenvalue weighted by Gasteiger charge is 2.14. The van der Waals surface area contributed by atoms with Crippen LogP contribution in [0.2, 0.25) is 0 Å². The maximum Gasteiger partial charge on any atom is 0.124 e. The van der Waals surface area contributed by atoms with Crippen molar-refractivity contribution < 1.29 is 9.47 Å². The number of methoxy groups -OCH3 is 1. The summed E-state index contributed by atoms with van der Waals surface area (Å²) in [5.74, 6) is 0.930. The molecule has 0 bridgehead atoms. The van der Waals surface area contributed by atoms with E-state index in [4.69, 9.17) is 9.47 Å². The normalized spacial score (nSPS) is 17.1. The molecule has 0 aliphatic carbocycles. The summed E-state index contributed by atoms with van der Waals surface area (Å²) < 4.78 is 11.8. The maximum absolute atomic E-state index is 5.37. The van der Waals surface area contributed by atoms with Gasteiger partial charge in [-0.3, -0.25) is 0 Å². The Labute approximate surface area is 111 Å². The molecule has 17 heavy (non-hydrogen) atoms. The fourth-order valence-corrected chi connectivity index (χ4v) is 2.54. The molecule has 1 aliphatic rings. The van der Waals surface area contributed by atoms with Gasteiger partial charge in [0.1, 0.15) is 5.75 Å². The number of benzene rings is 1. The molecule has 0 atom stereocenters. The van der Waals surface area contributed by atoms with Crippen molar-refractivity contribution in [3.8, 4) is 5.75 Å². The number of nitrogens with one attached hydrogen (secondary N) is 1. The lowest BCUT2D eigenvalue weighted by molar-refractivity contribution is 0.0775. The van der Waals surface area contributed by atoms with Gasteiger partial charge < -0.3 is 14.8 Å². The lowest BCUT2D eigenvalue weighted by atomic mass is 10.1. The summed E-state index contributed by atoms with van der Waals surface area (Å²) in [6.07, 6.45) is 2.18. The predicted molar refractivity (Wildman–Crippen MR) is 71.4 cm³/mol. The first-order valence-electron chi connectivity index (χ1n) is 5.94. The van der Waals surface area contributed by atoms with Crippen LogP contribution in [0.3, 0.4) is 0 Å². The molecule has 0 aromatic heterocycles. The Balaban J connectivity index is 1.97. The molecular weight excluding hydrogens is 282 g/mol. The van der Waals surface area contributed by atoms with Gasteiger partial charge in [-0.05, 0) is 25.0 Å². The molecule has 94 valence electrons. The van der Waals surface area contributed by atoms with Crippen molar-refractivity contribution >= 4 is 15.9 Å². The van der Waals surface area contributed by atoms with E-state index in [0.29, 0.717) is 6.04 Å². The first-order chi connectivity index (χ1) is 8.31. The summed E-state index contributed by atoms with van der Waals surface area (Å²) >= 11 is 3.57. The molecule has 1 aromatic rings. The molecule has 0 saturated carbocycles. The van der Waals surface area contributed by atoms with E-state index in [1.165, 1.54) is 5.56 Å². The van der Waals surface area contributed by atoms with Gasteiger partial charge in [0.2, 0.25) is 0 Å². The summed E-state index contributed by atoms with van der Waals surface area (Å²) in [5, 5.41) is 3.56. The first-order valence-corrected chi connectivity index (χ1v) is 6.73. The second-order valence-electron chi connectivity index (χ2n) is 4.19. The molecule has 0 spiro atoms. The van der Waals surface area contributed by atoms with Crippen LogP contribution in [0.15, 0.2) is 22.7 Å². The molecule has 1 aliphatic heterocycles. The molecule has 4 heteroatoms. The van der Waals surface area contributed by atoms with Crippen LogP contribution in [0.4, 0.5) is 0 Å². The number of halogens is 1. The van der Waals surface area contributed by atoms with Crippen LogP contribution >= 0.6 is 15.9 Å². The predicted octanol–water partition coefficient (Wildman–Crippen LogP) is 2.73. The molecule has 0 unspecified atom stereocenters. The van der Waals surface area contributed by atoms with Gasteiger partial charge in [0, 0.05) is 35.8 Å². The molecule has 0 amide bonds. The molecule has 3 nitrogen and oxygen atoms in total. The van der Waals surface area contributed by atoms with E-state index in [-0.39, 0.29) is 0 Å². The quantitative estimate of drug-likeness (QED) is 0.927. The SMILES string of the molecule is COc1cccc(Br)c1CNC1CCOCC1. The highest BCUT2D eigenvalue weighted by Crippen LogP contribution is 2.26. The second-order valence-corrected chi connectivity index (χ2v) is 5.04. The summed E-state index contributed by atoms with van der Waals surface area (Å²) in [5.41, 5.74) is 1.18. The largest absolute Gasteiger partial charge is 0.496 e. The Bertz CT molecular complexity index is 364. The van der Waals surface area contributed by atoms with Crippen molar-refractivity contribution in [3.05, 3.63) is 28.2 Å². The summed E-state index contributed by atoms with van der Waals surface area (Å²) in [6, 6.07) is 6.58. The van der Waals surface area contributed by atoms with Crippen molar-refractivity contribution in [2.24, 2.45) is 0 Å². The monoisotopic (exact) mass is 299 g/mol. The summed E-state index contributed by atoms with van der Waals surface area (Å²) in [6.45, 7) is 2.56. The number of hydrogen-bond acceptors (Lipinski definition) is 3. The Hall–Kier alpha value is -0.580. The second kappa shape index (κ2) is 6.38.